The Morgan fingerprint density at radius 2 is 2.11 bits per heavy atom. The fraction of sp³-hybridized carbons (Fsp3) is 0.100. The second-order valence-corrected chi connectivity index (χ2v) is 3.16. The zero-order chi connectivity index (χ0) is 14.6. The Hall–Kier alpha value is -2.58. The number of aliphatic carboxylic acids is 1. The van der Waals surface area contributed by atoms with E-state index in [0.717, 1.165) is 12.1 Å². The number of nitrogens with zero attached hydrogens (tertiary/aromatic N) is 1. The van der Waals surface area contributed by atoms with E-state index in [1.807, 2.05) is 0 Å². The van der Waals surface area contributed by atoms with E-state index >= 15 is 0 Å². The zero-order valence-corrected chi connectivity index (χ0v) is 9.05. The molecule has 0 saturated heterocycles. The number of ether oxygens (including phenoxy) is 1. The van der Waals surface area contributed by atoms with Crippen molar-refractivity contribution in [1.82, 2.24) is 0 Å². The topological polar surface area (TPSA) is 89.7 Å². The summed E-state index contributed by atoms with van der Waals surface area (Å²) in [6.45, 7) is -3.42. The third-order valence-corrected chi connectivity index (χ3v) is 1.87. The highest BCUT2D eigenvalue weighted by Gasteiger charge is 2.24. The first-order chi connectivity index (χ1) is 8.81. The fourth-order valence-electron chi connectivity index (χ4n) is 1.20. The molecule has 0 fully saturated rings. The summed E-state index contributed by atoms with van der Waals surface area (Å²) in [5, 5.41) is 19.0. The summed E-state index contributed by atoms with van der Waals surface area (Å²) in [5.41, 5.74) is -1.20. The van der Waals surface area contributed by atoms with Crippen LogP contribution in [-0.4, -0.2) is 22.6 Å². The summed E-state index contributed by atoms with van der Waals surface area (Å²) in [4.78, 5) is 19.8. The maximum absolute atomic E-state index is 13.4. The van der Waals surface area contributed by atoms with Crippen LogP contribution in [0.4, 0.5) is 18.9 Å². The van der Waals surface area contributed by atoms with Crippen molar-refractivity contribution in [2.45, 2.75) is 6.61 Å². The Bertz CT molecular complexity index is 544. The highest BCUT2D eigenvalue weighted by molar-refractivity contribution is 5.85. The number of carbonyl (C=O) groups is 1. The lowest BCUT2D eigenvalue weighted by Crippen LogP contribution is -2.06. The fourth-order valence-corrected chi connectivity index (χ4v) is 1.20. The van der Waals surface area contributed by atoms with Gasteiger partial charge < -0.3 is 9.84 Å². The monoisotopic (exact) mass is 277 g/mol. The van der Waals surface area contributed by atoms with Crippen molar-refractivity contribution in [3.8, 4) is 5.75 Å². The zero-order valence-electron chi connectivity index (χ0n) is 9.05. The molecule has 1 aromatic rings. The number of nitro benzene ring substituents is 1. The lowest BCUT2D eigenvalue weighted by Gasteiger charge is -2.07. The van der Waals surface area contributed by atoms with Crippen LogP contribution in [-0.2, 0) is 4.79 Å². The predicted molar refractivity (Wildman–Crippen MR) is 56.4 cm³/mol. The predicted octanol–water partition coefficient (Wildman–Crippen LogP) is 2.43. The van der Waals surface area contributed by atoms with Gasteiger partial charge in [-0.15, -0.1) is 0 Å². The standard InChI is InChI=1S/C10H6F3NO5/c11-6-3-5(1-2-8(15)16)4-7(14(17)18)9(6)19-10(12)13/h1-4,10H,(H,15,16)/b2-1+. The first-order valence-electron chi connectivity index (χ1n) is 4.65. The number of halogens is 3. The lowest BCUT2D eigenvalue weighted by atomic mass is 10.1. The molecule has 0 bridgehead atoms. The van der Waals surface area contributed by atoms with Gasteiger partial charge in [0.2, 0.25) is 5.75 Å². The summed E-state index contributed by atoms with van der Waals surface area (Å²) in [6, 6.07) is 1.37. The van der Waals surface area contributed by atoms with Crippen LogP contribution in [0.1, 0.15) is 5.56 Å². The normalized spacial score (nSPS) is 10.9. The number of hydrogen-bond acceptors (Lipinski definition) is 4. The number of rotatable bonds is 5. The quantitative estimate of drug-likeness (QED) is 0.507. The molecule has 0 aliphatic heterocycles. The van der Waals surface area contributed by atoms with Crippen molar-refractivity contribution in [1.29, 1.82) is 0 Å². The molecule has 1 aromatic carbocycles. The van der Waals surface area contributed by atoms with Crippen LogP contribution in [0.2, 0.25) is 0 Å². The third-order valence-electron chi connectivity index (χ3n) is 1.87. The van der Waals surface area contributed by atoms with Gasteiger partial charge in [0.05, 0.1) is 4.92 Å². The molecule has 6 nitrogen and oxygen atoms in total. The molecule has 0 aliphatic carbocycles. The van der Waals surface area contributed by atoms with Crippen LogP contribution in [0.3, 0.4) is 0 Å². The van der Waals surface area contributed by atoms with Gasteiger partial charge in [0.25, 0.3) is 0 Å². The van der Waals surface area contributed by atoms with E-state index in [1.54, 1.807) is 0 Å². The van der Waals surface area contributed by atoms with Crippen LogP contribution < -0.4 is 4.74 Å². The van der Waals surface area contributed by atoms with Gasteiger partial charge >= 0.3 is 18.3 Å². The Kier molecular flexibility index (Phi) is 4.46. The Balaban J connectivity index is 3.28. The molecule has 0 spiro atoms. The highest BCUT2D eigenvalue weighted by atomic mass is 19.3. The minimum absolute atomic E-state index is 0.173. The second-order valence-electron chi connectivity index (χ2n) is 3.16. The van der Waals surface area contributed by atoms with Crippen LogP contribution in [0.25, 0.3) is 6.08 Å². The number of carboxylic acid groups (broad SMARTS) is 1. The van der Waals surface area contributed by atoms with Gasteiger partial charge in [-0.05, 0) is 17.7 Å². The van der Waals surface area contributed by atoms with Gasteiger partial charge in [0.1, 0.15) is 0 Å². The van der Waals surface area contributed by atoms with Gasteiger partial charge in [-0.2, -0.15) is 8.78 Å². The molecule has 1 N–H and O–H groups in total. The molecule has 102 valence electrons. The van der Waals surface area contributed by atoms with Crippen LogP contribution >= 0.6 is 0 Å². The molecule has 0 saturated carbocycles. The summed E-state index contributed by atoms with van der Waals surface area (Å²) < 4.78 is 41.1. The van der Waals surface area contributed by atoms with Crippen molar-refractivity contribution < 1.29 is 32.7 Å². The summed E-state index contributed by atoms with van der Waals surface area (Å²) in [6.07, 6.45) is 1.50. The Morgan fingerprint density at radius 1 is 1.47 bits per heavy atom. The molecule has 9 heteroatoms. The molecule has 0 amide bonds. The smallest absolute Gasteiger partial charge is 0.387 e. The number of benzene rings is 1. The number of nitro groups is 1. The number of carboxylic acids is 1. The molecular weight excluding hydrogens is 271 g/mol. The average molecular weight is 277 g/mol. The van der Waals surface area contributed by atoms with E-state index in [9.17, 15) is 28.1 Å². The first-order valence-corrected chi connectivity index (χ1v) is 4.65. The molecule has 19 heavy (non-hydrogen) atoms. The van der Waals surface area contributed by atoms with Crippen LogP contribution in [0.5, 0.6) is 5.75 Å². The SMILES string of the molecule is O=C(O)/C=C/c1cc(F)c(OC(F)F)c([N+](=O)[O-])c1. The van der Waals surface area contributed by atoms with Crippen molar-refractivity contribution in [3.05, 3.63) is 39.7 Å². The van der Waals surface area contributed by atoms with Gasteiger partial charge in [-0.25, -0.2) is 9.18 Å². The molecule has 0 aromatic heterocycles. The second kappa shape index (κ2) is 5.85. The molecule has 1 rings (SSSR count). The largest absolute Gasteiger partial charge is 0.478 e. The maximum atomic E-state index is 13.4. The first kappa shape index (κ1) is 14.5. The van der Waals surface area contributed by atoms with E-state index in [2.05, 4.69) is 4.74 Å². The number of alkyl halides is 2. The maximum Gasteiger partial charge on any atom is 0.387 e. The third kappa shape index (κ3) is 3.98. The van der Waals surface area contributed by atoms with E-state index in [0.29, 0.717) is 12.1 Å². The van der Waals surface area contributed by atoms with E-state index in [1.165, 1.54) is 0 Å². The Labute approximate surface area is 103 Å². The summed E-state index contributed by atoms with van der Waals surface area (Å²) >= 11 is 0. The van der Waals surface area contributed by atoms with Crippen LogP contribution in [0.15, 0.2) is 18.2 Å². The van der Waals surface area contributed by atoms with Gasteiger partial charge in [-0.1, -0.05) is 0 Å². The molecule has 0 atom stereocenters. The lowest BCUT2D eigenvalue weighted by molar-refractivity contribution is -0.386. The van der Waals surface area contributed by atoms with Crippen LogP contribution in [0, 0.1) is 15.9 Å². The van der Waals surface area contributed by atoms with Crippen molar-refractivity contribution >= 4 is 17.7 Å². The number of hydrogen-bond donors (Lipinski definition) is 1. The van der Waals surface area contributed by atoms with Crippen molar-refractivity contribution in [2.24, 2.45) is 0 Å². The van der Waals surface area contributed by atoms with Crippen molar-refractivity contribution in [2.75, 3.05) is 0 Å². The average Bonchev–Trinajstić information content (AvgIpc) is 2.28. The summed E-state index contributed by atoms with van der Waals surface area (Å²) in [5.74, 6) is -3.94. The highest BCUT2D eigenvalue weighted by Crippen LogP contribution is 2.33. The minimum Gasteiger partial charge on any atom is -0.478 e. The van der Waals surface area contributed by atoms with Gasteiger partial charge in [-0.3, -0.25) is 10.1 Å². The summed E-state index contributed by atoms with van der Waals surface area (Å²) in [7, 11) is 0. The van der Waals surface area contributed by atoms with E-state index in [4.69, 9.17) is 5.11 Å². The Morgan fingerprint density at radius 3 is 2.58 bits per heavy atom. The molecule has 0 heterocycles. The van der Waals surface area contributed by atoms with Gasteiger partial charge in [0, 0.05) is 12.1 Å². The minimum atomic E-state index is -3.42. The van der Waals surface area contributed by atoms with E-state index in [-0.39, 0.29) is 5.56 Å². The van der Waals surface area contributed by atoms with E-state index < -0.39 is 34.8 Å². The molecular formula is C10H6F3NO5. The molecule has 0 aliphatic rings. The van der Waals surface area contributed by atoms with Gasteiger partial charge in [0.15, 0.2) is 5.82 Å². The van der Waals surface area contributed by atoms with Crippen molar-refractivity contribution in [3.63, 3.8) is 0 Å². The molecule has 0 radical (unpaired) electrons. The molecule has 0 unspecified atom stereocenters.